The van der Waals surface area contributed by atoms with E-state index in [4.69, 9.17) is 14.2 Å². The molecule has 0 saturated carbocycles. The summed E-state index contributed by atoms with van der Waals surface area (Å²) in [4.78, 5) is 2.24. The van der Waals surface area contributed by atoms with Gasteiger partial charge in [-0.3, -0.25) is 0 Å². The number of hydrazone groups is 1. The normalized spacial score (nSPS) is 11.6. The van der Waals surface area contributed by atoms with Crippen LogP contribution < -0.4 is 19.0 Å². The van der Waals surface area contributed by atoms with E-state index >= 15 is 0 Å². The van der Waals surface area contributed by atoms with Crippen LogP contribution in [-0.2, 0) is 10.0 Å². The largest absolute Gasteiger partial charge is 0.495 e. The molecule has 8 heteroatoms. The Morgan fingerprint density at radius 1 is 1.11 bits per heavy atom. The Balaban J connectivity index is 2.22. The van der Waals surface area contributed by atoms with Crippen LogP contribution in [0, 0.1) is 6.92 Å². The molecule has 0 fully saturated rings. The zero-order chi connectivity index (χ0) is 20.7. The average Bonchev–Trinajstić information content (AvgIpc) is 2.63. The van der Waals surface area contributed by atoms with Crippen molar-refractivity contribution in [3.63, 3.8) is 0 Å². The summed E-state index contributed by atoms with van der Waals surface area (Å²) in [6.45, 7) is 8.02. The molecule has 2 aromatic carbocycles. The smallest absolute Gasteiger partial charge is 0.280 e. The number of ether oxygens (including phenoxy) is 3. The van der Waals surface area contributed by atoms with E-state index in [2.05, 4.69) is 9.93 Å². The lowest BCUT2D eigenvalue weighted by Crippen LogP contribution is -2.19. The summed E-state index contributed by atoms with van der Waals surface area (Å²) in [5, 5.41) is 3.87. The van der Waals surface area contributed by atoms with E-state index < -0.39 is 10.0 Å². The van der Waals surface area contributed by atoms with E-state index in [1.54, 1.807) is 37.3 Å². The number of rotatable bonds is 9. The van der Waals surface area contributed by atoms with Gasteiger partial charge >= 0.3 is 0 Å². The monoisotopic (exact) mass is 406 g/mol. The minimum Gasteiger partial charge on any atom is -0.495 e. The van der Waals surface area contributed by atoms with Crippen molar-refractivity contribution in [1.29, 1.82) is 0 Å². The van der Waals surface area contributed by atoms with Gasteiger partial charge in [0.15, 0.2) is 11.5 Å². The third kappa shape index (κ3) is 5.63. The van der Waals surface area contributed by atoms with E-state index in [1.165, 1.54) is 19.4 Å². The standard InChI is InChI=1S/C20H26N2O5S/c1-6-26-19-12-16(8-10-17(19)27-14(2)3)13-21-22-28(23,24)20-11-15(4)7-9-18(20)25-5/h7-14,22H,6H2,1-5H3/b21-13+. The number of sulfonamides is 1. The number of hydrogen-bond donors (Lipinski definition) is 1. The molecule has 0 atom stereocenters. The van der Waals surface area contributed by atoms with Gasteiger partial charge in [-0.25, -0.2) is 0 Å². The van der Waals surface area contributed by atoms with Crippen LogP contribution in [0.2, 0.25) is 0 Å². The summed E-state index contributed by atoms with van der Waals surface area (Å²) in [6.07, 6.45) is 1.41. The van der Waals surface area contributed by atoms with E-state index in [1.807, 2.05) is 20.8 Å². The Bertz CT molecular complexity index is 940. The molecule has 0 radical (unpaired) electrons. The lowest BCUT2D eigenvalue weighted by molar-refractivity contribution is 0.224. The molecule has 0 aliphatic rings. The highest BCUT2D eigenvalue weighted by atomic mass is 32.2. The summed E-state index contributed by atoms with van der Waals surface area (Å²) in [5.41, 5.74) is 1.46. The van der Waals surface area contributed by atoms with Crippen LogP contribution in [0.1, 0.15) is 31.9 Å². The molecule has 0 saturated heterocycles. The van der Waals surface area contributed by atoms with E-state index in [0.717, 1.165) is 5.56 Å². The van der Waals surface area contributed by atoms with Crippen molar-refractivity contribution in [2.24, 2.45) is 5.10 Å². The van der Waals surface area contributed by atoms with Crippen molar-refractivity contribution in [3.8, 4) is 17.2 Å². The highest BCUT2D eigenvalue weighted by Crippen LogP contribution is 2.29. The Morgan fingerprint density at radius 3 is 2.46 bits per heavy atom. The fraction of sp³-hybridized carbons (Fsp3) is 0.350. The molecule has 0 amide bonds. The van der Waals surface area contributed by atoms with Crippen LogP contribution in [0.15, 0.2) is 46.4 Å². The molecule has 152 valence electrons. The number of hydrogen-bond acceptors (Lipinski definition) is 6. The average molecular weight is 407 g/mol. The van der Waals surface area contributed by atoms with Gasteiger partial charge in [-0.05, 0) is 69.2 Å². The van der Waals surface area contributed by atoms with Gasteiger partial charge in [-0.2, -0.15) is 18.4 Å². The minimum absolute atomic E-state index is 0.00911. The Morgan fingerprint density at radius 2 is 1.82 bits per heavy atom. The summed E-state index contributed by atoms with van der Waals surface area (Å²) in [7, 11) is -2.45. The first-order valence-corrected chi connectivity index (χ1v) is 10.4. The van der Waals surface area contributed by atoms with Gasteiger partial charge in [-0.15, -0.1) is 0 Å². The molecule has 1 N–H and O–H groups in total. The van der Waals surface area contributed by atoms with Gasteiger partial charge in [0, 0.05) is 0 Å². The van der Waals surface area contributed by atoms with Gasteiger partial charge < -0.3 is 14.2 Å². The molecule has 0 aliphatic carbocycles. The van der Waals surface area contributed by atoms with E-state index in [9.17, 15) is 8.42 Å². The third-order valence-electron chi connectivity index (χ3n) is 3.63. The lowest BCUT2D eigenvalue weighted by atomic mass is 10.2. The predicted molar refractivity (Wildman–Crippen MR) is 109 cm³/mol. The maximum atomic E-state index is 12.5. The van der Waals surface area contributed by atoms with Crippen molar-refractivity contribution < 1.29 is 22.6 Å². The molecule has 0 unspecified atom stereocenters. The van der Waals surface area contributed by atoms with Crippen LogP contribution in [-0.4, -0.2) is 34.5 Å². The van der Waals surface area contributed by atoms with Gasteiger partial charge in [0.1, 0.15) is 10.6 Å². The number of benzene rings is 2. The first-order chi connectivity index (χ1) is 13.3. The SMILES string of the molecule is CCOc1cc(/C=N/NS(=O)(=O)c2cc(C)ccc2OC)ccc1OC(C)C. The zero-order valence-corrected chi connectivity index (χ0v) is 17.5. The first-order valence-electron chi connectivity index (χ1n) is 8.89. The number of aryl methyl sites for hydroxylation is 1. The number of methoxy groups -OCH3 is 1. The molecule has 0 heterocycles. The maximum absolute atomic E-state index is 12.5. The Labute approximate surface area is 166 Å². The topological polar surface area (TPSA) is 86.2 Å². The summed E-state index contributed by atoms with van der Waals surface area (Å²) < 4.78 is 41.5. The molecule has 0 bridgehead atoms. The molecule has 0 spiro atoms. The molecule has 0 aromatic heterocycles. The summed E-state index contributed by atoms with van der Waals surface area (Å²) >= 11 is 0. The van der Waals surface area contributed by atoms with Gasteiger partial charge in [0.2, 0.25) is 0 Å². The van der Waals surface area contributed by atoms with Crippen molar-refractivity contribution >= 4 is 16.2 Å². The fourth-order valence-electron chi connectivity index (χ4n) is 2.44. The Hall–Kier alpha value is -2.74. The van der Waals surface area contributed by atoms with Crippen LogP contribution in [0.4, 0.5) is 0 Å². The zero-order valence-electron chi connectivity index (χ0n) is 16.7. The van der Waals surface area contributed by atoms with Gasteiger partial charge in [0.05, 0.1) is 26.0 Å². The second kappa shape index (κ2) is 9.45. The quantitative estimate of drug-likeness (QED) is 0.509. The van der Waals surface area contributed by atoms with Crippen molar-refractivity contribution in [1.82, 2.24) is 4.83 Å². The minimum atomic E-state index is -3.87. The van der Waals surface area contributed by atoms with Crippen LogP contribution >= 0.6 is 0 Å². The van der Waals surface area contributed by atoms with Crippen molar-refractivity contribution in [2.75, 3.05) is 13.7 Å². The summed E-state index contributed by atoms with van der Waals surface area (Å²) in [6, 6.07) is 10.2. The fourth-order valence-corrected chi connectivity index (χ4v) is 3.49. The molecule has 2 aromatic rings. The highest BCUT2D eigenvalue weighted by Gasteiger charge is 2.19. The predicted octanol–water partition coefficient (Wildman–Crippen LogP) is 3.50. The van der Waals surface area contributed by atoms with Gasteiger partial charge in [-0.1, -0.05) is 6.07 Å². The molecule has 0 aliphatic heterocycles. The van der Waals surface area contributed by atoms with Gasteiger partial charge in [0.25, 0.3) is 10.0 Å². The lowest BCUT2D eigenvalue weighted by Gasteiger charge is -2.14. The highest BCUT2D eigenvalue weighted by molar-refractivity contribution is 7.89. The molecule has 28 heavy (non-hydrogen) atoms. The molecule has 2 rings (SSSR count). The molecule has 7 nitrogen and oxygen atoms in total. The number of nitrogens with zero attached hydrogens (tertiary/aromatic N) is 1. The molecular formula is C20H26N2O5S. The van der Waals surface area contributed by atoms with Crippen LogP contribution in [0.3, 0.4) is 0 Å². The maximum Gasteiger partial charge on any atom is 0.280 e. The second-order valence-corrected chi connectivity index (χ2v) is 7.94. The first kappa shape index (κ1) is 21.6. The van der Waals surface area contributed by atoms with Crippen LogP contribution in [0.25, 0.3) is 0 Å². The third-order valence-corrected chi connectivity index (χ3v) is 4.87. The number of nitrogens with one attached hydrogen (secondary N) is 1. The second-order valence-electron chi connectivity index (χ2n) is 6.31. The summed E-state index contributed by atoms with van der Waals surface area (Å²) in [5.74, 6) is 1.45. The van der Waals surface area contributed by atoms with E-state index in [-0.39, 0.29) is 16.7 Å². The van der Waals surface area contributed by atoms with Crippen LogP contribution in [0.5, 0.6) is 17.2 Å². The van der Waals surface area contributed by atoms with Crippen molar-refractivity contribution in [3.05, 3.63) is 47.5 Å². The van der Waals surface area contributed by atoms with E-state index in [0.29, 0.717) is 23.7 Å². The Kier molecular flexibility index (Phi) is 7.28. The van der Waals surface area contributed by atoms with Crippen molar-refractivity contribution in [2.45, 2.75) is 38.7 Å². The molecular weight excluding hydrogens is 380 g/mol.